The SMILES string of the molecule is COc1ccc(Nc2ccccc2C(=O)N2CCC(CC(=O)O)CC2)cc1. The molecule has 142 valence electrons. The van der Waals surface area contributed by atoms with Crippen molar-refractivity contribution in [1.82, 2.24) is 4.90 Å². The largest absolute Gasteiger partial charge is 0.497 e. The number of carboxylic acids is 1. The second-order valence-electron chi connectivity index (χ2n) is 6.73. The molecule has 0 aliphatic carbocycles. The van der Waals surface area contributed by atoms with Gasteiger partial charge in [0.2, 0.25) is 0 Å². The van der Waals surface area contributed by atoms with Gasteiger partial charge in [-0.15, -0.1) is 0 Å². The Labute approximate surface area is 158 Å². The van der Waals surface area contributed by atoms with E-state index in [0.717, 1.165) is 30.0 Å². The number of ether oxygens (including phenoxy) is 1. The van der Waals surface area contributed by atoms with Gasteiger partial charge >= 0.3 is 5.97 Å². The van der Waals surface area contributed by atoms with Crippen molar-refractivity contribution in [1.29, 1.82) is 0 Å². The van der Waals surface area contributed by atoms with Gasteiger partial charge < -0.3 is 20.1 Å². The quantitative estimate of drug-likeness (QED) is 0.811. The topological polar surface area (TPSA) is 78.9 Å². The molecule has 1 amide bonds. The number of nitrogens with one attached hydrogen (secondary N) is 1. The minimum atomic E-state index is -0.770. The molecule has 0 unspecified atom stereocenters. The molecule has 1 fully saturated rings. The molecule has 2 aromatic carbocycles. The van der Waals surface area contributed by atoms with Crippen LogP contribution in [0.5, 0.6) is 5.75 Å². The Morgan fingerprint density at radius 3 is 2.41 bits per heavy atom. The van der Waals surface area contributed by atoms with Gasteiger partial charge in [-0.2, -0.15) is 0 Å². The highest BCUT2D eigenvalue weighted by molar-refractivity contribution is 6.00. The van der Waals surface area contributed by atoms with E-state index >= 15 is 0 Å². The van der Waals surface area contributed by atoms with E-state index in [2.05, 4.69) is 5.32 Å². The van der Waals surface area contributed by atoms with Crippen molar-refractivity contribution >= 4 is 23.3 Å². The average Bonchev–Trinajstić information content (AvgIpc) is 2.69. The molecule has 0 spiro atoms. The van der Waals surface area contributed by atoms with E-state index in [1.54, 1.807) is 7.11 Å². The number of methoxy groups -OCH3 is 1. The minimum absolute atomic E-state index is 0.0274. The smallest absolute Gasteiger partial charge is 0.303 e. The fourth-order valence-electron chi connectivity index (χ4n) is 3.37. The van der Waals surface area contributed by atoms with E-state index in [-0.39, 0.29) is 18.2 Å². The van der Waals surface area contributed by atoms with Crippen molar-refractivity contribution in [2.75, 3.05) is 25.5 Å². The number of nitrogens with zero attached hydrogens (tertiary/aromatic N) is 1. The molecule has 0 atom stereocenters. The lowest BCUT2D eigenvalue weighted by atomic mass is 9.93. The lowest BCUT2D eigenvalue weighted by molar-refractivity contribution is -0.138. The molecule has 0 bridgehead atoms. The van der Waals surface area contributed by atoms with Crippen molar-refractivity contribution in [3.8, 4) is 5.75 Å². The Hall–Kier alpha value is -3.02. The summed E-state index contributed by atoms with van der Waals surface area (Å²) in [6.07, 6.45) is 1.63. The first-order valence-electron chi connectivity index (χ1n) is 9.08. The number of anilines is 2. The van der Waals surface area contributed by atoms with E-state index in [1.165, 1.54) is 0 Å². The number of hydrogen-bond acceptors (Lipinski definition) is 4. The van der Waals surface area contributed by atoms with Crippen LogP contribution in [0.2, 0.25) is 0 Å². The van der Waals surface area contributed by atoms with Gasteiger partial charge in [0.1, 0.15) is 5.75 Å². The summed E-state index contributed by atoms with van der Waals surface area (Å²) in [7, 11) is 1.62. The highest BCUT2D eigenvalue weighted by Gasteiger charge is 2.26. The summed E-state index contributed by atoms with van der Waals surface area (Å²) >= 11 is 0. The standard InChI is InChI=1S/C21H24N2O4/c1-27-17-8-6-16(7-9-17)22-19-5-3-2-4-18(19)21(26)23-12-10-15(11-13-23)14-20(24)25/h2-9,15,22H,10-14H2,1H3,(H,24,25). The lowest BCUT2D eigenvalue weighted by Crippen LogP contribution is -2.39. The molecule has 1 aliphatic rings. The number of piperidine rings is 1. The summed E-state index contributed by atoms with van der Waals surface area (Å²) in [5, 5.41) is 12.2. The zero-order valence-corrected chi connectivity index (χ0v) is 15.4. The molecule has 0 aromatic heterocycles. The van der Waals surface area contributed by atoms with Crippen LogP contribution in [0.15, 0.2) is 48.5 Å². The van der Waals surface area contributed by atoms with Crippen LogP contribution in [0, 0.1) is 5.92 Å². The lowest BCUT2D eigenvalue weighted by Gasteiger charge is -2.32. The van der Waals surface area contributed by atoms with Crippen molar-refractivity contribution in [2.24, 2.45) is 5.92 Å². The van der Waals surface area contributed by atoms with Gasteiger partial charge in [-0.3, -0.25) is 9.59 Å². The maximum absolute atomic E-state index is 13.0. The van der Waals surface area contributed by atoms with E-state index < -0.39 is 5.97 Å². The number of amides is 1. The normalized spacial score (nSPS) is 14.6. The van der Waals surface area contributed by atoms with Gasteiger partial charge in [0.25, 0.3) is 5.91 Å². The second kappa shape index (κ2) is 8.58. The number of carbonyl (C=O) groups is 2. The monoisotopic (exact) mass is 368 g/mol. The summed E-state index contributed by atoms with van der Waals surface area (Å²) < 4.78 is 5.17. The second-order valence-corrected chi connectivity index (χ2v) is 6.73. The Kier molecular flexibility index (Phi) is 5.96. The number of benzene rings is 2. The van der Waals surface area contributed by atoms with Crippen LogP contribution in [0.25, 0.3) is 0 Å². The maximum Gasteiger partial charge on any atom is 0.303 e. The third-order valence-electron chi connectivity index (χ3n) is 4.89. The Morgan fingerprint density at radius 1 is 1.11 bits per heavy atom. The molecule has 1 saturated heterocycles. The Balaban J connectivity index is 1.69. The van der Waals surface area contributed by atoms with Crippen LogP contribution in [0.1, 0.15) is 29.6 Å². The summed E-state index contributed by atoms with van der Waals surface area (Å²) in [4.78, 5) is 25.7. The first-order chi connectivity index (χ1) is 13.1. The van der Waals surface area contributed by atoms with Gasteiger partial charge in [0.05, 0.1) is 18.4 Å². The molecule has 0 saturated carbocycles. The molecule has 3 rings (SSSR count). The third kappa shape index (κ3) is 4.78. The molecule has 2 aromatic rings. The number of aliphatic carboxylic acids is 1. The van der Waals surface area contributed by atoms with Gasteiger partial charge in [0, 0.05) is 25.2 Å². The molecule has 6 heteroatoms. The van der Waals surface area contributed by atoms with Crippen LogP contribution in [0.4, 0.5) is 11.4 Å². The minimum Gasteiger partial charge on any atom is -0.497 e. The average molecular weight is 368 g/mol. The number of carbonyl (C=O) groups excluding carboxylic acids is 1. The third-order valence-corrected chi connectivity index (χ3v) is 4.89. The number of para-hydroxylation sites is 1. The molecule has 1 heterocycles. The van der Waals surface area contributed by atoms with Gasteiger partial charge in [-0.05, 0) is 55.2 Å². The van der Waals surface area contributed by atoms with Gasteiger partial charge in [0.15, 0.2) is 0 Å². The summed E-state index contributed by atoms with van der Waals surface area (Å²) in [5.41, 5.74) is 2.24. The number of rotatable bonds is 6. The molecule has 1 aliphatic heterocycles. The predicted molar refractivity (Wildman–Crippen MR) is 104 cm³/mol. The number of hydrogen-bond donors (Lipinski definition) is 2. The molecular weight excluding hydrogens is 344 g/mol. The van der Waals surface area contributed by atoms with Crippen molar-refractivity contribution < 1.29 is 19.4 Å². The molecule has 2 N–H and O–H groups in total. The van der Waals surface area contributed by atoms with Crippen LogP contribution >= 0.6 is 0 Å². The van der Waals surface area contributed by atoms with Crippen LogP contribution in [-0.4, -0.2) is 42.1 Å². The van der Waals surface area contributed by atoms with E-state index in [0.29, 0.717) is 18.7 Å². The highest BCUT2D eigenvalue weighted by Crippen LogP contribution is 2.26. The Bertz CT molecular complexity index is 796. The van der Waals surface area contributed by atoms with Crippen LogP contribution in [-0.2, 0) is 4.79 Å². The van der Waals surface area contributed by atoms with E-state index in [4.69, 9.17) is 9.84 Å². The van der Waals surface area contributed by atoms with Crippen molar-refractivity contribution in [3.63, 3.8) is 0 Å². The molecule has 27 heavy (non-hydrogen) atoms. The van der Waals surface area contributed by atoms with Crippen LogP contribution < -0.4 is 10.1 Å². The number of likely N-dealkylation sites (tertiary alicyclic amines) is 1. The fraction of sp³-hybridized carbons (Fsp3) is 0.333. The van der Waals surface area contributed by atoms with Crippen LogP contribution in [0.3, 0.4) is 0 Å². The van der Waals surface area contributed by atoms with Gasteiger partial charge in [-0.1, -0.05) is 12.1 Å². The van der Waals surface area contributed by atoms with Crippen molar-refractivity contribution in [3.05, 3.63) is 54.1 Å². The number of carboxylic acid groups (broad SMARTS) is 1. The first-order valence-corrected chi connectivity index (χ1v) is 9.08. The first kappa shape index (κ1) is 18.8. The van der Waals surface area contributed by atoms with Gasteiger partial charge in [-0.25, -0.2) is 0 Å². The maximum atomic E-state index is 13.0. The predicted octanol–water partition coefficient (Wildman–Crippen LogP) is 3.77. The fourth-order valence-corrected chi connectivity index (χ4v) is 3.37. The van der Waals surface area contributed by atoms with E-state index in [9.17, 15) is 9.59 Å². The Morgan fingerprint density at radius 2 is 1.78 bits per heavy atom. The molecule has 6 nitrogen and oxygen atoms in total. The molecular formula is C21H24N2O4. The summed E-state index contributed by atoms with van der Waals surface area (Å²) in [5.74, 6) is 0.127. The zero-order valence-electron chi connectivity index (χ0n) is 15.4. The van der Waals surface area contributed by atoms with Crippen molar-refractivity contribution in [2.45, 2.75) is 19.3 Å². The highest BCUT2D eigenvalue weighted by atomic mass is 16.5. The van der Waals surface area contributed by atoms with E-state index in [1.807, 2.05) is 53.4 Å². The summed E-state index contributed by atoms with van der Waals surface area (Å²) in [6, 6.07) is 15.0. The molecule has 0 radical (unpaired) electrons. The zero-order chi connectivity index (χ0) is 19.2. The summed E-state index contributed by atoms with van der Waals surface area (Å²) in [6.45, 7) is 1.18.